The summed E-state index contributed by atoms with van der Waals surface area (Å²) in [7, 11) is 0. The molecule has 2 aromatic rings. The minimum atomic E-state index is -0.419. The van der Waals surface area contributed by atoms with Crippen LogP contribution in [0.5, 0.6) is 5.75 Å². The molecule has 2 aromatic carbocycles. The number of benzene rings is 2. The second kappa shape index (κ2) is 7.78. The average molecular weight is 432 g/mol. The number of nitrogens with zero attached hydrogens (tertiary/aromatic N) is 3. The summed E-state index contributed by atoms with van der Waals surface area (Å²) in [6, 6.07) is 16.1. The number of ether oxygens (including phenoxy) is 1. The van der Waals surface area contributed by atoms with Crippen molar-refractivity contribution in [2.75, 3.05) is 31.1 Å². The highest BCUT2D eigenvalue weighted by molar-refractivity contribution is 5.51. The number of halogens is 1. The third-order valence-corrected chi connectivity index (χ3v) is 8.50. The first-order valence-corrected chi connectivity index (χ1v) is 12.1. The van der Waals surface area contributed by atoms with Gasteiger partial charge in [0, 0.05) is 37.9 Å². The predicted octanol–water partition coefficient (Wildman–Crippen LogP) is 4.77. The molecular formula is C27H30FN3O. The molecule has 2 saturated carbocycles. The maximum atomic E-state index is 14.0. The maximum absolute atomic E-state index is 14.0. The standard InChI is InChI=1S/C27H30FN3O/c28-25-15-23(6-5-20(25)18-29)30-9-11-31(12-10-30)24-13-21-16-27(17-22(21)14-24)8-7-19-3-1-2-4-26(19)32-27/h1-6,15,21-22,24H,7-14,16-17H2. The van der Waals surface area contributed by atoms with Crippen LogP contribution >= 0.6 is 0 Å². The van der Waals surface area contributed by atoms with Crippen LogP contribution in [-0.4, -0.2) is 42.7 Å². The molecule has 0 N–H and O–H groups in total. The third kappa shape index (κ3) is 3.46. The molecule has 0 amide bonds. The van der Waals surface area contributed by atoms with Crippen molar-refractivity contribution >= 4 is 5.69 Å². The van der Waals surface area contributed by atoms with E-state index in [1.807, 2.05) is 12.1 Å². The third-order valence-electron chi connectivity index (χ3n) is 8.50. The number of piperazine rings is 1. The van der Waals surface area contributed by atoms with Crippen molar-refractivity contribution in [3.63, 3.8) is 0 Å². The van der Waals surface area contributed by atoms with E-state index in [2.05, 4.69) is 34.1 Å². The number of para-hydroxylation sites is 1. The highest BCUT2D eigenvalue weighted by Crippen LogP contribution is 2.54. The number of anilines is 1. The number of hydrogen-bond donors (Lipinski definition) is 0. The van der Waals surface area contributed by atoms with Crippen molar-refractivity contribution in [2.24, 2.45) is 11.8 Å². The predicted molar refractivity (Wildman–Crippen MR) is 122 cm³/mol. The van der Waals surface area contributed by atoms with Crippen LogP contribution in [0.4, 0.5) is 10.1 Å². The Morgan fingerprint density at radius 2 is 1.75 bits per heavy atom. The SMILES string of the molecule is N#Cc1ccc(N2CCN(C3CC4CC5(CCc6ccccc6O5)CC4C3)CC2)cc1F. The summed E-state index contributed by atoms with van der Waals surface area (Å²) in [5.74, 6) is 2.27. The molecule has 1 spiro atoms. The van der Waals surface area contributed by atoms with Crippen LogP contribution < -0.4 is 9.64 Å². The van der Waals surface area contributed by atoms with E-state index in [0.29, 0.717) is 6.04 Å². The smallest absolute Gasteiger partial charge is 0.143 e. The van der Waals surface area contributed by atoms with Crippen LogP contribution in [0.15, 0.2) is 42.5 Å². The fourth-order valence-corrected chi connectivity index (χ4v) is 6.90. The molecule has 5 heteroatoms. The van der Waals surface area contributed by atoms with E-state index in [1.54, 1.807) is 6.07 Å². The lowest BCUT2D eigenvalue weighted by Crippen LogP contribution is -2.50. The van der Waals surface area contributed by atoms with Gasteiger partial charge in [-0.1, -0.05) is 18.2 Å². The summed E-state index contributed by atoms with van der Waals surface area (Å²) in [5.41, 5.74) is 2.45. The van der Waals surface area contributed by atoms with E-state index in [9.17, 15) is 4.39 Å². The van der Waals surface area contributed by atoms with Gasteiger partial charge in [0.15, 0.2) is 0 Å². The minimum absolute atomic E-state index is 0.0764. The molecule has 2 aliphatic heterocycles. The van der Waals surface area contributed by atoms with Gasteiger partial charge >= 0.3 is 0 Å². The molecule has 32 heavy (non-hydrogen) atoms. The first-order chi connectivity index (χ1) is 15.6. The van der Waals surface area contributed by atoms with Gasteiger partial charge in [-0.05, 0) is 80.2 Å². The Hall–Kier alpha value is -2.58. The molecule has 4 aliphatic rings. The average Bonchev–Trinajstić information content (AvgIpc) is 3.35. The Morgan fingerprint density at radius 1 is 1.00 bits per heavy atom. The largest absolute Gasteiger partial charge is 0.487 e. The molecule has 2 atom stereocenters. The summed E-state index contributed by atoms with van der Waals surface area (Å²) >= 11 is 0. The second-order valence-corrected chi connectivity index (χ2v) is 10.2. The van der Waals surface area contributed by atoms with Gasteiger partial charge in [0.1, 0.15) is 23.2 Å². The van der Waals surface area contributed by atoms with Crippen molar-refractivity contribution in [3.8, 4) is 11.8 Å². The van der Waals surface area contributed by atoms with Gasteiger partial charge < -0.3 is 9.64 Å². The Morgan fingerprint density at radius 3 is 2.47 bits per heavy atom. The van der Waals surface area contributed by atoms with Crippen LogP contribution in [0.25, 0.3) is 0 Å². The second-order valence-electron chi connectivity index (χ2n) is 10.2. The van der Waals surface area contributed by atoms with Gasteiger partial charge in [0.25, 0.3) is 0 Å². The van der Waals surface area contributed by atoms with Gasteiger partial charge in [-0.2, -0.15) is 5.26 Å². The highest BCUT2D eigenvalue weighted by atomic mass is 19.1. The fraction of sp³-hybridized carbons (Fsp3) is 0.519. The van der Waals surface area contributed by atoms with E-state index in [4.69, 9.17) is 10.00 Å². The van der Waals surface area contributed by atoms with Gasteiger partial charge in [-0.3, -0.25) is 4.90 Å². The van der Waals surface area contributed by atoms with Crippen molar-refractivity contribution < 1.29 is 9.13 Å². The van der Waals surface area contributed by atoms with Crippen molar-refractivity contribution in [2.45, 2.75) is 50.2 Å². The molecule has 0 bridgehead atoms. The quantitative estimate of drug-likeness (QED) is 0.687. The Kier molecular flexibility index (Phi) is 4.87. The molecule has 6 rings (SSSR count). The van der Waals surface area contributed by atoms with Gasteiger partial charge in [0.05, 0.1) is 5.56 Å². The zero-order valence-electron chi connectivity index (χ0n) is 18.5. The Balaban J connectivity index is 1.05. The first kappa shape index (κ1) is 20.1. The van der Waals surface area contributed by atoms with E-state index in [0.717, 1.165) is 55.9 Å². The Bertz CT molecular complexity index is 1040. The van der Waals surface area contributed by atoms with Crippen LogP contribution in [0.2, 0.25) is 0 Å². The monoisotopic (exact) mass is 431 g/mol. The lowest BCUT2D eigenvalue weighted by molar-refractivity contribution is 0.0403. The summed E-state index contributed by atoms with van der Waals surface area (Å²) in [5, 5.41) is 8.95. The normalized spacial score (nSPS) is 31.8. The molecule has 2 aliphatic carbocycles. The van der Waals surface area contributed by atoms with Gasteiger partial charge in [-0.25, -0.2) is 4.39 Å². The van der Waals surface area contributed by atoms with Crippen LogP contribution in [0, 0.1) is 29.0 Å². The van der Waals surface area contributed by atoms with E-state index < -0.39 is 5.82 Å². The highest BCUT2D eigenvalue weighted by Gasteiger charge is 2.52. The maximum Gasteiger partial charge on any atom is 0.143 e. The minimum Gasteiger partial charge on any atom is -0.487 e. The van der Waals surface area contributed by atoms with Crippen LogP contribution in [-0.2, 0) is 6.42 Å². The van der Waals surface area contributed by atoms with Crippen LogP contribution in [0.3, 0.4) is 0 Å². The first-order valence-electron chi connectivity index (χ1n) is 12.1. The molecule has 0 aromatic heterocycles. The topological polar surface area (TPSA) is 39.5 Å². The molecule has 4 nitrogen and oxygen atoms in total. The van der Waals surface area contributed by atoms with Crippen molar-refractivity contribution in [1.82, 2.24) is 4.90 Å². The zero-order valence-corrected chi connectivity index (χ0v) is 18.5. The van der Waals surface area contributed by atoms with E-state index in [-0.39, 0.29) is 11.2 Å². The zero-order chi connectivity index (χ0) is 21.7. The van der Waals surface area contributed by atoms with Crippen molar-refractivity contribution in [3.05, 3.63) is 59.4 Å². The number of rotatable bonds is 2. The summed E-state index contributed by atoms with van der Waals surface area (Å²) < 4.78 is 20.6. The van der Waals surface area contributed by atoms with Gasteiger partial charge in [0.2, 0.25) is 0 Å². The molecule has 0 radical (unpaired) electrons. The number of nitriles is 1. The number of aryl methyl sites for hydroxylation is 1. The lowest BCUT2D eigenvalue weighted by atomic mass is 9.87. The molecule has 2 unspecified atom stereocenters. The van der Waals surface area contributed by atoms with Crippen LogP contribution in [0.1, 0.15) is 43.2 Å². The van der Waals surface area contributed by atoms with Gasteiger partial charge in [-0.15, -0.1) is 0 Å². The summed E-state index contributed by atoms with van der Waals surface area (Å²) in [4.78, 5) is 4.91. The summed E-state index contributed by atoms with van der Waals surface area (Å²) in [6.07, 6.45) is 7.34. The molecule has 166 valence electrons. The molecule has 1 saturated heterocycles. The lowest BCUT2D eigenvalue weighted by Gasteiger charge is -2.40. The molecule has 2 heterocycles. The van der Waals surface area contributed by atoms with E-state index >= 15 is 0 Å². The fourth-order valence-electron chi connectivity index (χ4n) is 6.90. The van der Waals surface area contributed by atoms with E-state index in [1.165, 1.54) is 43.7 Å². The number of hydrogen-bond acceptors (Lipinski definition) is 4. The van der Waals surface area contributed by atoms with Crippen molar-refractivity contribution in [1.29, 1.82) is 5.26 Å². The molecular weight excluding hydrogens is 401 g/mol. The molecule has 3 fully saturated rings. The number of fused-ring (bicyclic) bond motifs is 2. The Labute approximate surface area is 189 Å². The summed E-state index contributed by atoms with van der Waals surface area (Å²) in [6.45, 7) is 3.89.